The van der Waals surface area contributed by atoms with Crippen LogP contribution >= 0.6 is 0 Å². The third-order valence-electron chi connectivity index (χ3n) is 5.55. The SMILES string of the molecule is CC1C[N+]2(CCN(CC=Cc3ccccc3)CC2)CC(C)C1=O. The van der Waals surface area contributed by atoms with Gasteiger partial charge in [0.15, 0.2) is 0 Å². The Morgan fingerprint density at radius 3 is 2.30 bits per heavy atom. The molecule has 1 aromatic rings. The molecule has 0 saturated carbocycles. The minimum atomic E-state index is 0.239. The van der Waals surface area contributed by atoms with Gasteiger partial charge in [0, 0.05) is 19.6 Å². The van der Waals surface area contributed by atoms with Gasteiger partial charge in [-0.3, -0.25) is 9.69 Å². The lowest BCUT2D eigenvalue weighted by Gasteiger charge is -2.49. The van der Waals surface area contributed by atoms with E-state index in [2.05, 4.69) is 61.2 Å². The number of piperazine rings is 1. The van der Waals surface area contributed by atoms with Crippen LogP contribution < -0.4 is 0 Å². The molecule has 2 aliphatic heterocycles. The summed E-state index contributed by atoms with van der Waals surface area (Å²) in [5.74, 6) is 0.952. The molecule has 124 valence electrons. The van der Waals surface area contributed by atoms with Crippen LogP contribution in [0.3, 0.4) is 0 Å². The van der Waals surface area contributed by atoms with Crippen LogP contribution in [0.15, 0.2) is 36.4 Å². The third kappa shape index (κ3) is 3.91. The van der Waals surface area contributed by atoms with Gasteiger partial charge in [-0.25, -0.2) is 0 Å². The first-order valence-corrected chi connectivity index (χ1v) is 8.91. The second-order valence-corrected chi connectivity index (χ2v) is 7.47. The molecule has 2 unspecified atom stereocenters. The number of quaternary nitrogens is 1. The summed E-state index contributed by atoms with van der Waals surface area (Å²) < 4.78 is 1.16. The quantitative estimate of drug-likeness (QED) is 0.800. The largest absolute Gasteiger partial charge is 0.320 e. The lowest BCUT2D eigenvalue weighted by molar-refractivity contribution is -0.938. The monoisotopic (exact) mass is 313 g/mol. The van der Waals surface area contributed by atoms with E-state index in [-0.39, 0.29) is 11.8 Å². The minimum absolute atomic E-state index is 0.239. The molecule has 2 fully saturated rings. The predicted molar refractivity (Wildman–Crippen MR) is 95.0 cm³/mol. The highest BCUT2D eigenvalue weighted by atomic mass is 16.1. The lowest BCUT2D eigenvalue weighted by atomic mass is 9.87. The van der Waals surface area contributed by atoms with Gasteiger partial charge in [0.05, 0.1) is 38.0 Å². The second-order valence-electron chi connectivity index (χ2n) is 7.47. The average Bonchev–Trinajstić information content (AvgIpc) is 2.56. The van der Waals surface area contributed by atoms with Crippen molar-refractivity contribution in [1.29, 1.82) is 0 Å². The van der Waals surface area contributed by atoms with E-state index in [4.69, 9.17) is 0 Å². The van der Waals surface area contributed by atoms with Crippen LogP contribution in [0.5, 0.6) is 0 Å². The summed E-state index contributed by atoms with van der Waals surface area (Å²) in [6.45, 7) is 12.0. The number of rotatable bonds is 3. The molecule has 1 aromatic carbocycles. The Morgan fingerprint density at radius 2 is 1.70 bits per heavy atom. The molecule has 0 aliphatic carbocycles. The van der Waals surface area contributed by atoms with Gasteiger partial charge in [0.1, 0.15) is 5.78 Å². The van der Waals surface area contributed by atoms with E-state index in [1.54, 1.807) is 0 Å². The number of carbonyl (C=O) groups is 1. The Labute approximate surface area is 140 Å². The first kappa shape index (κ1) is 16.4. The van der Waals surface area contributed by atoms with Crippen LogP contribution in [0.25, 0.3) is 6.08 Å². The van der Waals surface area contributed by atoms with Crippen molar-refractivity contribution in [3.8, 4) is 0 Å². The molecule has 3 heteroatoms. The van der Waals surface area contributed by atoms with Gasteiger partial charge >= 0.3 is 0 Å². The average molecular weight is 313 g/mol. The first-order chi connectivity index (χ1) is 11.1. The summed E-state index contributed by atoms with van der Waals surface area (Å²) in [5, 5.41) is 0. The molecule has 0 bridgehead atoms. The molecule has 2 atom stereocenters. The fourth-order valence-electron chi connectivity index (χ4n) is 4.28. The van der Waals surface area contributed by atoms with Crippen LogP contribution in [0.1, 0.15) is 19.4 Å². The van der Waals surface area contributed by atoms with Crippen LogP contribution in [0.4, 0.5) is 0 Å². The highest BCUT2D eigenvalue weighted by molar-refractivity contribution is 5.83. The Balaban J connectivity index is 1.51. The zero-order chi connectivity index (χ0) is 16.3. The Hall–Kier alpha value is -1.45. The van der Waals surface area contributed by atoms with Gasteiger partial charge in [-0.15, -0.1) is 0 Å². The molecule has 3 nitrogen and oxygen atoms in total. The van der Waals surface area contributed by atoms with Gasteiger partial charge in [-0.05, 0) is 5.56 Å². The van der Waals surface area contributed by atoms with Crippen molar-refractivity contribution >= 4 is 11.9 Å². The highest BCUT2D eigenvalue weighted by Gasteiger charge is 2.43. The number of benzene rings is 1. The van der Waals surface area contributed by atoms with Crippen molar-refractivity contribution in [1.82, 2.24) is 4.90 Å². The number of ketones is 1. The third-order valence-corrected chi connectivity index (χ3v) is 5.55. The maximum atomic E-state index is 12.1. The van der Waals surface area contributed by atoms with Crippen LogP contribution in [0.2, 0.25) is 0 Å². The molecular weight excluding hydrogens is 284 g/mol. The van der Waals surface area contributed by atoms with Crippen molar-refractivity contribution < 1.29 is 9.28 Å². The molecule has 2 saturated heterocycles. The predicted octanol–water partition coefficient (Wildman–Crippen LogP) is 2.69. The van der Waals surface area contributed by atoms with Crippen molar-refractivity contribution in [2.45, 2.75) is 13.8 Å². The summed E-state index contributed by atoms with van der Waals surface area (Å²) in [6.07, 6.45) is 4.48. The number of nitrogens with zero attached hydrogens (tertiary/aromatic N) is 2. The van der Waals surface area contributed by atoms with E-state index >= 15 is 0 Å². The van der Waals surface area contributed by atoms with Crippen molar-refractivity contribution in [2.24, 2.45) is 11.8 Å². The molecule has 0 amide bonds. The number of hydrogen-bond donors (Lipinski definition) is 0. The maximum absolute atomic E-state index is 12.1. The zero-order valence-corrected chi connectivity index (χ0v) is 14.4. The topological polar surface area (TPSA) is 20.3 Å². The Bertz CT molecular complexity index is 542. The van der Waals surface area contributed by atoms with Crippen LogP contribution in [-0.4, -0.2) is 61.0 Å². The van der Waals surface area contributed by atoms with E-state index in [0.717, 1.165) is 37.2 Å². The van der Waals surface area contributed by atoms with Gasteiger partial charge in [-0.1, -0.05) is 56.3 Å². The van der Waals surface area contributed by atoms with E-state index in [0.29, 0.717) is 5.78 Å². The van der Waals surface area contributed by atoms with E-state index in [1.165, 1.54) is 18.7 Å². The van der Waals surface area contributed by atoms with E-state index in [1.807, 2.05) is 0 Å². The standard InChI is InChI=1S/C20H29N2O/c1-17-15-22(16-18(2)20(17)23)13-11-21(12-14-22)10-6-9-19-7-4-3-5-8-19/h3-9,17-18H,10-16H2,1-2H3/q+1. The Kier molecular flexibility index (Phi) is 4.98. The summed E-state index contributed by atoms with van der Waals surface area (Å²) >= 11 is 0. The molecule has 0 radical (unpaired) electrons. The van der Waals surface area contributed by atoms with Crippen LogP contribution in [0, 0.1) is 11.8 Å². The maximum Gasteiger partial charge on any atom is 0.149 e. The fourth-order valence-corrected chi connectivity index (χ4v) is 4.28. The van der Waals surface area contributed by atoms with Gasteiger partial charge < -0.3 is 4.48 Å². The van der Waals surface area contributed by atoms with Gasteiger partial charge in [0.2, 0.25) is 0 Å². The Morgan fingerprint density at radius 1 is 1.09 bits per heavy atom. The van der Waals surface area contributed by atoms with Crippen LogP contribution in [-0.2, 0) is 4.79 Å². The molecular formula is C20H29N2O+. The summed E-state index contributed by atoms with van der Waals surface area (Å²) in [6, 6.07) is 10.5. The smallest absolute Gasteiger partial charge is 0.149 e. The zero-order valence-electron chi connectivity index (χ0n) is 14.4. The number of piperidine rings is 1. The van der Waals surface area contributed by atoms with Crippen molar-refractivity contribution in [3.63, 3.8) is 0 Å². The summed E-state index contributed by atoms with van der Waals surface area (Å²) in [4.78, 5) is 14.6. The summed E-state index contributed by atoms with van der Waals surface area (Å²) in [5.41, 5.74) is 1.27. The molecule has 1 spiro atoms. The van der Waals surface area contributed by atoms with Gasteiger partial charge in [0.25, 0.3) is 0 Å². The lowest BCUT2D eigenvalue weighted by Crippen LogP contribution is -2.65. The second kappa shape index (κ2) is 6.98. The molecule has 3 rings (SSSR count). The molecule has 0 aromatic heterocycles. The fraction of sp³-hybridized carbons (Fsp3) is 0.550. The van der Waals surface area contributed by atoms with E-state index < -0.39 is 0 Å². The normalized spacial score (nSPS) is 28.5. The molecule has 0 N–H and O–H groups in total. The number of carbonyl (C=O) groups excluding carboxylic acids is 1. The first-order valence-electron chi connectivity index (χ1n) is 8.91. The highest BCUT2D eigenvalue weighted by Crippen LogP contribution is 2.26. The summed E-state index contributed by atoms with van der Waals surface area (Å²) in [7, 11) is 0. The molecule has 23 heavy (non-hydrogen) atoms. The number of hydrogen-bond acceptors (Lipinski definition) is 2. The molecule has 2 aliphatic rings. The van der Waals surface area contributed by atoms with Crippen molar-refractivity contribution in [2.75, 3.05) is 45.8 Å². The van der Waals surface area contributed by atoms with Crippen molar-refractivity contribution in [3.05, 3.63) is 42.0 Å². The number of Topliss-reactive ketones (excluding diaryl/α,β-unsaturated/α-hetero) is 1. The van der Waals surface area contributed by atoms with Gasteiger partial charge in [-0.2, -0.15) is 0 Å². The molecule has 2 heterocycles. The van der Waals surface area contributed by atoms with E-state index in [9.17, 15) is 4.79 Å². The minimum Gasteiger partial charge on any atom is -0.320 e.